The fourth-order valence-corrected chi connectivity index (χ4v) is 1.96. The molecule has 6 heteroatoms. The van der Waals surface area contributed by atoms with Crippen LogP contribution in [-0.2, 0) is 4.74 Å². The molecule has 1 fully saturated rings. The fraction of sp³-hybridized carbons (Fsp3) is 0.667. The van der Waals surface area contributed by atoms with E-state index in [1.807, 2.05) is 13.8 Å². The molecule has 2 heterocycles. The largest absolute Gasteiger partial charge is 0.386 e. The van der Waals surface area contributed by atoms with Gasteiger partial charge in [0.1, 0.15) is 23.6 Å². The molecule has 1 aromatic heterocycles. The van der Waals surface area contributed by atoms with E-state index in [-0.39, 0.29) is 0 Å². The van der Waals surface area contributed by atoms with Crippen molar-refractivity contribution in [1.82, 2.24) is 9.97 Å². The molecule has 0 radical (unpaired) electrons. The number of rotatable bonds is 5. The van der Waals surface area contributed by atoms with Gasteiger partial charge in [-0.15, -0.1) is 0 Å². The van der Waals surface area contributed by atoms with Crippen molar-refractivity contribution in [3.05, 3.63) is 11.9 Å². The van der Waals surface area contributed by atoms with Gasteiger partial charge in [0.15, 0.2) is 0 Å². The minimum absolute atomic E-state index is 0.379. The second kappa shape index (κ2) is 5.49. The molecule has 0 saturated carbocycles. The monoisotopic (exact) mass is 252 g/mol. The van der Waals surface area contributed by atoms with Crippen LogP contribution in [0.1, 0.15) is 18.9 Å². The summed E-state index contributed by atoms with van der Waals surface area (Å²) in [6, 6.07) is 0. The van der Waals surface area contributed by atoms with Crippen molar-refractivity contribution in [2.45, 2.75) is 25.9 Å². The van der Waals surface area contributed by atoms with Crippen molar-refractivity contribution in [3.63, 3.8) is 0 Å². The van der Waals surface area contributed by atoms with Crippen molar-refractivity contribution in [2.75, 3.05) is 36.9 Å². The maximum absolute atomic E-state index is 10.2. The fourth-order valence-electron chi connectivity index (χ4n) is 1.96. The Kier molecular flexibility index (Phi) is 3.98. The van der Waals surface area contributed by atoms with Gasteiger partial charge in [-0.1, -0.05) is 0 Å². The highest BCUT2D eigenvalue weighted by atomic mass is 16.5. The molecule has 0 amide bonds. The lowest BCUT2D eigenvalue weighted by molar-refractivity contribution is 0.0381. The predicted molar refractivity (Wildman–Crippen MR) is 69.8 cm³/mol. The summed E-state index contributed by atoms with van der Waals surface area (Å²) in [5.41, 5.74) is 0.178. The number of aliphatic hydroxyl groups is 1. The Balaban J connectivity index is 2.02. The van der Waals surface area contributed by atoms with Crippen LogP contribution in [0.15, 0.2) is 6.33 Å². The third kappa shape index (κ3) is 2.88. The maximum atomic E-state index is 10.2. The molecule has 0 spiro atoms. The Morgan fingerprint density at radius 3 is 2.72 bits per heavy atom. The van der Waals surface area contributed by atoms with Gasteiger partial charge < -0.3 is 20.5 Å². The molecule has 1 saturated heterocycles. The summed E-state index contributed by atoms with van der Waals surface area (Å²) in [5, 5.41) is 16.5. The van der Waals surface area contributed by atoms with Crippen LogP contribution in [0.3, 0.4) is 0 Å². The SMILES string of the molecule is CCNc1ncnc(NCC2(O)CCOC2)c1C. The molecule has 0 aromatic carbocycles. The number of ether oxygens (including phenoxy) is 1. The van der Waals surface area contributed by atoms with Crippen LogP contribution in [0, 0.1) is 6.92 Å². The van der Waals surface area contributed by atoms with Crippen molar-refractivity contribution in [3.8, 4) is 0 Å². The van der Waals surface area contributed by atoms with Gasteiger partial charge in [0.05, 0.1) is 6.61 Å². The Morgan fingerprint density at radius 2 is 2.11 bits per heavy atom. The van der Waals surface area contributed by atoms with Crippen LogP contribution in [0.25, 0.3) is 0 Å². The first-order valence-corrected chi connectivity index (χ1v) is 6.24. The minimum atomic E-state index is -0.782. The second-order valence-electron chi connectivity index (χ2n) is 4.61. The van der Waals surface area contributed by atoms with Gasteiger partial charge in [-0.2, -0.15) is 0 Å². The van der Waals surface area contributed by atoms with E-state index in [4.69, 9.17) is 4.74 Å². The first-order chi connectivity index (χ1) is 8.64. The summed E-state index contributed by atoms with van der Waals surface area (Å²) in [6.45, 7) is 6.22. The van der Waals surface area contributed by atoms with Crippen molar-refractivity contribution < 1.29 is 9.84 Å². The second-order valence-corrected chi connectivity index (χ2v) is 4.61. The van der Waals surface area contributed by atoms with Gasteiger partial charge in [0, 0.05) is 31.7 Å². The van der Waals surface area contributed by atoms with Crippen LogP contribution in [0.4, 0.5) is 11.6 Å². The summed E-state index contributed by atoms with van der Waals surface area (Å²) in [6.07, 6.45) is 2.17. The van der Waals surface area contributed by atoms with Crippen LogP contribution >= 0.6 is 0 Å². The Morgan fingerprint density at radius 1 is 1.39 bits per heavy atom. The lowest BCUT2D eigenvalue weighted by Crippen LogP contribution is -2.37. The first kappa shape index (κ1) is 13.0. The molecule has 2 rings (SSSR count). The van der Waals surface area contributed by atoms with Crippen LogP contribution < -0.4 is 10.6 Å². The van der Waals surface area contributed by atoms with E-state index in [0.29, 0.717) is 26.2 Å². The molecule has 0 aliphatic carbocycles. The number of aromatic nitrogens is 2. The summed E-state index contributed by atoms with van der Waals surface area (Å²) < 4.78 is 5.21. The Bertz CT molecular complexity index is 405. The van der Waals surface area contributed by atoms with Gasteiger partial charge in [0.25, 0.3) is 0 Å². The topological polar surface area (TPSA) is 79.3 Å². The molecule has 3 N–H and O–H groups in total. The van der Waals surface area contributed by atoms with Crippen LogP contribution in [-0.4, -0.2) is 47.0 Å². The zero-order valence-corrected chi connectivity index (χ0v) is 10.9. The van der Waals surface area contributed by atoms with Crippen LogP contribution in [0.2, 0.25) is 0 Å². The van der Waals surface area contributed by atoms with E-state index >= 15 is 0 Å². The maximum Gasteiger partial charge on any atom is 0.134 e. The van der Waals surface area contributed by atoms with E-state index in [2.05, 4.69) is 20.6 Å². The van der Waals surface area contributed by atoms with E-state index in [1.54, 1.807) is 0 Å². The van der Waals surface area contributed by atoms with Crippen molar-refractivity contribution in [1.29, 1.82) is 0 Å². The lowest BCUT2D eigenvalue weighted by atomic mass is 10.0. The minimum Gasteiger partial charge on any atom is -0.386 e. The molecule has 1 aliphatic rings. The summed E-state index contributed by atoms with van der Waals surface area (Å²) >= 11 is 0. The predicted octanol–water partition coefficient (Wildman–Crippen LogP) is 0.780. The van der Waals surface area contributed by atoms with E-state index in [1.165, 1.54) is 6.33 Å². The van der Waals surface area contributed by atoms with Crippen LogP contribution in [0.5, 0.6) is 0 Å². The summed E-state index contributed by atoms with van der Waals surface area (Å²) in [4.78, 5) is 8.38. The average Bonchev–Trinajstić information content (AvgIpc) is 2.78. The number of hydrogen-bond donors (Lipinski definition) is 3. The molecule has 1 unspecified atom stereocenters. The highest BCUT2D eigenvalue weighted by molar-refractivity contribution is 5.56. The molecule has 1 atom stereocenters. The summed E-state index contributed by atoms with van der Waals surface area (Å²) in [5.74, 6) is 1.57. The zero-order valence-electron chi connectivity index (χ0n) is 10.9. The molecule has 100 valence electrons. The van der Waals surface area contributed by atoms with E-state index in [9.17, 15) is 5.11 Å². The van der Waals surface area contributed by atoms with Crippen molar-refractivity contribution >= 4 is 11.6 Å². The number of nitrogens with zero attached hydrogens (tertiary/aromatic N) is 2. The summed E-state index contributed by atoms with van der Waals surface area (Å²) in [7, 11) is 0. The smallest absolute Gasteiger partial charge is 0.134 e. The molecule has 6 nitrogen and oxygen atoms in total. The third-order valence-corrected chi connectivity index (χ3v) is 3.10. The quantitative estimate of drug-likeness (QED) is 0.718. The highest BCUT2D eigenvalue weighted by Crippen LogP contribution is 2.22. The van der Waals surface area contributed by atoms with Crippen molar-refractivity contribution in [2.24, 2.45) is 0 Å². The lowest BCUT2D eigenvalue weighted by Gasteiger charge is -2.22. The molecule has 18 heavy (non-hydrogen) atoms. The first-order valence-electron chi connectivity index (χ1n) is 6.24. The van der Waals surface area contributed by atoms with Gasteiger partial charge in [-0.25, -0.2) is 9.97 Å². The molecule has 0 bridgehead atoms. The van der Waals surface area contributed by atoms with Gasteiger partial charge in [-0.05, 0) is 13.8 Å². The molecule has 1 aliphatic heterocycles. The number of anilines is 2. The standard InChI is InChI=1S/C12H20N4O2/c1-3-13-10-9(2)11(16-8-15-10)14-6-12(17)4-5-18-7-12/h8,17H,3-7H2,1-2H3,(H2,13,14,15,16). The Hall–Kier alpha value is -1.40. The van der Waals surface area contributed by atoms with E-state index in [0.717, 1.165) is 23.7 Å². The molecular formula is C12H20N4O2. The van der Waals surface area contributed by atoms with Gasteiger partial charge in [-0.3, -0.25) is 0 Å². The number of nitrogens with one attached hydrogen (secondary N) is 2. The molecule has 1 aromatic rings. The number of hydrogen-bond acceptors (Lipinski definition) is 6. The molecular weight excluding hydrogens is 232 g/mol. The zero-order chi connectivity index (χ0) is 13.0. The highest BCUT2D eigenvalue weighted by Gasteiger charge is 2.32. The average molecular weight is 252 g/mol. The van der Waals surface area contributed by atoms with Gasteiger partial charge >= 0.3 is 0 Å². The normalized spacial score (nSPS) is 23.1. The third-order valence-electron chi connectivity index (χ3n) is 3.10. The Labute approximate surface area is 107 Å². The van der Waals surface area contributed by atoms with Gasteiger partial charge in [0.2, 0.25) is 0 Å². The van der Waals surface area contributed by atoms with E-state index < -0.39 is 5.60 Å².